The van der Waals surface area contributed by atoms with Crippen molar-refractivity contribution in [2.75, 3.05) is 4.90 Å². The van der Waals surface area contributed by atoms with Crippen molar-refractivity contribution in [2.24, 2.45) is 0 Å². The number of anilines is 1. The fourth-order valence-corrected chi connectivity index (χ4v) is 3.87. The number of aromatic nitrogens is 2. The van der Waals surface area contributed by atoms with E-state index in [4.69, 9.17) is 0 Å². The predicted octanol–water partition coefficient (Wildman–Crippen LogP) is 3.61. The molecule has 2 heterocycles. The van der Waals surface area contributed by atoms with Crippen LogP contribution >= 0.6 is 11.3 Å². The molecule has 140 valence electrons. The van der Waals surface area contributed by atoms with Crippen LogP contribution in [0, 0.1) is 12.7 Å². The van der Waals surface area contributed by atoms with Gasteiger partial charge in [0.1, 0.15) is 22.6 Å². The number of aryl methyl sites for hydroxylation is 1. The van der Waals surface area contributed by atoms with E-state index in [0.717, 1.165) is 16.2 Å². The van der Waals surface area contributed by atoms with Crippen molar-refractivity contribution in [1.29, 1.82) is 0 Å². The summed E-state index contributed by atoms with van der Waals surface area (Å²) in [6.07, 6.45) is 0. The molecule has 1 aromatic heterocycles. The summed E-state index contributed by atoms with van der Waals surface area (Å²) in [6.45, 7) is 1.71. The van der Waals surface area contributed by atoms with E-state index in [2.05, 4.69) is 10.2 Å². The van der Waals surface area contributed by atoms with Crippen LogP contribution in [0.3, 0.4) is 0 Å². The molecule has 3 aromatic rings. The van der Waals surface area contributed by atoms with Crippen molar-refractivity contribution in [3.63, 3.8) is 0 Å². The first kappa shape index (κ1) is 18.0. The van der Waals surface area contributed by atoms with E-state index in [1.54, 1.807) is 43.3 Å². The third-order valence-corrected chi connectivity index (χ3v) is 5.25. The second-order valence-corrected chi connectivity index (χ2v) is 7.32. The standard InChI is InChI=1S/C20H14FN3O3S/c1-11-22-23-20(28-11)24-16(13-9-5-6-10-14(13)21)15(18(26)19(24)27)17(25)12-7-3-2-4-8-12/h2-10,16,25H,1H3/b17-15-. The van der Waals surface area contributed by atoms with Crippen molar-refractivity contribution in [1.82, 2.24) is 10.2 Å². The zero-order valence-electron chi connectivity index (χ0n) is 14.7. The number of hydrogen-bond donors (Lipinski definition) is 1. The van der Waals surface area contributed by atoms with Gasteiger partial charge in [-0.2, -0.15) is 0 Å². The summed E-state index contributed by atoms with van der Waals surface area (Å²) in [5, 5.41) is 19.4. The van der Waals surface area contributed by atoms with Crippen molar-refractivity contribution >= 4 is 33.9 Å². The van der Waals surface area contributed by atoms with E-state index >= 15 is 0 Å². The summed E-state index contributed by atoms with van der Waals surface area (Å²) in [7, 11) is 0. The average Bonchev–Trinajstić information content (AvgIpc) is 3.23. The van der Waals surface area contributed by atoms with E-state index < -0.39 is 23.5 Å². The molecule has 0 aliphatic carbocycles. The number of ketones is 1. The minimum Gasteiger partial charge on any atom is -0.507 e. The minimum absolute atomic E-state index is 0.0898. The van der Waals surface area contributed by atoms with Crippen molar-refractivity contribution < 1.29 is 19.1 Å². The lowest BCUT2D eigenvalue weighted by Crippen LogP contribution is -2.29. The highest BCUT2D eigenvalue weighted by Gasteiger charge is 2.49. The van der Waals surface area contributed by atoms with Gasteiger partial charge in [-0.25, -0.2) is 4.39 Å². The van der Waals surface area contributed by atoms with Gasteiger partial charge in [-0.05, 0) is 13.0 Å². The molecule has 1 aliphatic rings. The minimum atomic E-state index is -1.14. The summed E-state index contributed by atoms with van der Waals surface area (Å²) in [4.78, 5) is 26.7. The highest BCUT2D eigenvalue weighted by Crippen LogP contribution is 2.43. The van der Waals surface area contributed by atoms with Crippen LogP contribution in [-0.2, 0) is 9.59 Å². The van der Waals surface area contributed by atoms with Gasteiger partial charge in [-0.3, -0.25) is 14.5 Å². The fourth-order valence-electron chi connectivity index (χ4n) is 3.16. The molecule has 28 heavy (non-hydrogen) atoms. The summed E-state index contributed by atoms with van der Waals surface area (Å²) in [5.74, 6) is -2.75. The van der Waals surface area contributed by atoms with Crippen LogP contribution < -0.4 is 4.90 Å². The Morgan fingerprint density at radius 3 is 2.39 bits per heavy atom. The number of amides is 1. The lowest BCUT2D eigenvalue weighted by atomic mass is 9.95. The maximum Gasteiger partial charge on any atom is 0.301 e. The van der Waals surface area contributed by atoms with Crippen molar-refractivity contribution in [3.8, 4) is 0 Å². The van der Waals surface area contributed by atoms with Gasteiger partial charge < -0.3 is 5.11 Å². The molecular weight excluding hydrogens is 381 g/mol. The number of nitrogens with zero attached hydrogens (tertiary/aromatic N) is 3. The first-order valence-electron chi connectivity index (χ1n) is 8.40. The average molecular weight is 395 g/mol. The number of carbonyl (C=O) groups is 2. The summed E-state index contributed by atoms with van der Waals surface area (Å²) >= 11 is 1.11. The highest BCUT2D eigenvalue weighted by molar-refractivity contribution is 7.15. The van der Waals surface area contributed by atoms with E-state index in [1.807, 2.05) is 0 Å². The van der Waals surface area contributed by atoms with Crippen LogP contribution in [0.5, 0.6) is 0 Å². The van der Waals surface area contributed by atoms with Gasteiger partial charge in [0.2, 0.25) is 5.13 Å². The van der Waals surface area contributed by atoms with E-state index in [1.165, 1.54) is 18.2 Å². The zero-order chi connectivity index (χ0) is 19.8. The van der Waals surface area contributed by atoms with Gasteiger partial charge in [0.05, 0.1) is 5.57 Å². The third-order valence-electron chi connectivity index (χ3n) is 4.41. The van der Waals surface area contributed by atoms with E-state index in [9.17, 15) is 19.1 Å². The molecule has 0 radical (unpaired) electrons. The quantitative estimate of drug-likeness (QED) is 0.416. The highest BCUT2D eigenvalue weighted by atomic mass is 32.1. The molecule has 1 saturated heterocycles. The smallest absolute Gasteiger partial charge is 0.301 e. The molecule has 1 aliphatic heterocycles. The van der Waals surface area contributed by atoms with Crippen LogP contribution in [0.25, 0.3) is 5.76 Å². The molecule has 1 amide bonds. The Hall–Kier alpha value is -3.39. The molecular formula is C20H14FN3O3S. The Labute approximate surface area is 163 Å². The number of hydrogen-bond acceptors (Lipinski definition) is 6. The van der Waals surface area contributed by atoms with Gasteiger partial charge in [-0.1, -0.05) is 59.9 Å². The molecule has 2 aromatic carbocycles. The zero-order valence-corrected chi connectivity index (χ0v) is 15.5. The van der Waals surface area contributed by atoms with Crippen LogP contribution in [0.2, 0.25) is 0 Å². The predicted molar refractivity (Wildman–Crippen MR) is 102 cm³/mol. The molecule has 0 spiro atoms. The van der Waals surface area contributed by atoms with Gasteiger partial charge >= 0.3 is 5.91 Å². The number of halogens is 1. The number of carbonyl (C=O) groups excluding carboxylic acids is 2. The Morgan fingerprint density at radius 1 is 1.07 bits per heavy atom. The van der Waals surface area contributed by atoms with E-state index in [0.29, 0.717) is 10.6 Å². The molecule has 8 heteroatoms. The van der Waals surface area contributed by atoms with Crippen LogP contribution in [0.1, 0.15) is 22.2 Å². The SMILES string of the molecule is Cc1nnc(N2C(=O)C(=O)/C(=C(\O)c3ccccc3)C2c2ccccc2F)s1. The van der Waals surface area contributed by atoms with Crippen LogP contribution in [0.4, 0.5) is 9.52 Å². The molecule has 1 atom stereocenters. The lowest BCUT2D eigenvalue weighted by Gasteiger charge is -2.22. The largest absolute Gasteiger partial charge is 0.507 e. The Bertz CT molecular complexity index is 1110. The first-order chi connectivity index (χ1) is 13.5. The Morgan fingerprint density at radius 2 is 1.75 bits per heavy atom. The van der Waals surface area contributed by atoms with E-state index in [-0.39, 0.29) is 22.0 Å². The second-order valence-electron chi connectivity index (χ2n) is 6.16. The topological polar surface area (TPSA) is 83.4 Å². The molecule has 1 N–H and O–H groups in total. The van der Waals surface area contributed by atoms with Crippen molar-refractivity contribution in [3.05, 3.63) is 82.1 Å². The molecule has 1 fully saturated rings. The Kier molecular flexibility index (Phi) is 4.48. The van der Waals surface area contributed by atoms with Gasteiger partial charge in [0, 0.05) is 11.1 Å². The van der Waals surface area contributed by atoms with Crippen LogP contribution in [0.15, 0.2) is 60.2 Å². The number of aliphatic hydroxyl groups is 1. The number of aliphatic hydroxyl groups excluding tert-OH is 1. The van der Waals surface area contributed by atoms with Gasteiger partial charge in [0.25, 0.3) is 5.78 Å². The number of rotatable bonds is 3. The summed E-state index contributed by atoms with van der Waals surface area (Å²) < 4.78 is 14.6. The number of Topliss-reactive ketones (excluding diaryl/α,β-unsaturated/α-hetero) is 1. The maximum absolute atomic E-state index is 14.6. The maximum atomic E-state index is 14.6. The normalized spacial score (nSPS) is 18.6. The number of benzene rings is 2. The monoisotopic (exact) mass is 395 g/mol. The molecule has 0 saturated carbocycles. The lowest BCUT2D eigenvalue weighted by molar-refractivity contribution is -0.132. The second kappa shape index (κ2) is 6.97. The summed E-state index contributed by atoms with van der Waals surface area (Å²) in [5.41, 5.74) is 0.261. The van der Waals surface area contributed by atoms with Gasteiger partial charge in [-0.15, -0.1) is 10.2 Å². The molecule has 4 rings (SSSR count). The fraction of sp³-hybridized carbons (Fsp3) is 0.100. The third kappa shape index (κ3) is 2.87. The van der Waals surface area contributed by atoms with Gasteiger partial charge in [0.15, 0.2) is 0 Å². The molecule has 0 bridgehead atoms. The molecule has 6 nitrogen and oxygen atoms in total. The summed E-state index contributed by atoms with van der Waals surface area (Å²) in [6, 6.07) is 13.0. The van der Waals surface area contributed by atoms with Crippen molar-refractivity contribution in [2.45, 2.75) is 13.0 Å². The first-order valence-corrected chi connectivity index (χ1v) is 9.21. The Balaban J connectivity index is 1.98. The van der Waals surface area contributed by atoms with Crippen LogP contribution in [-0.4, -0.2) is 27.0 Å². The molecule has 1 unspecified atom stereocenters.